The summed E-state index contributed by atoms with van der Waals surface area (Å²) in [6.07, 6.45) is -0.685. The van der Waals surface area contributed by atoms with E-state index in [1.165, 1.54) is 20.1 Å². The highest BCUT2D eigenvalue weighted by Gasteiger charge is 2.41. The summed E-state index contributed by atoms with van der Waals surface area (Å²) < 4.78 is 9.70. The lowest BCUT2D eigenvalue weighted by Gasteiger charge is -2.24. The summed E-state index contributed by atoms with van der Waals surface area (Å²) in [5.74, 6) is -1.14. The van der Waals surface area contributed by atoms with E-state index in [-0.39, 0.29) is 12.2 Å². The molecule has 1 aromatic rings. The number of amides is 2. The number of carbonyl (C=O) groups is 3. The van der Waals surface area contributed by atoms with Gasteiger partial charge in [0, 0.05) is 6.92 Å². The Bertz CT molecular complexity index is 673. The number of esters is 1. The van der Waals surface area contributed by atoms with Crippen LogP contribution in [0, 0.1) is 0 Å². The molecule has 134 valence electrons. The van der Waals surface area contributed by atoms with E-state index in [1.807, 2.05) is 30.3 Å². The van der Waals surface area contributed by atoms with Crippen molar-refractivity contribution in [3.8, 4) is 0 Å². The number of rotatable bonds is 5. The molecule has 3 N–H and O–H groups in total. The fourth-order valence-corrected chi connectivity index (χ4v) is 2.53. The maximum atomic E-state index is 12.0. The van der Waals surface area contributed by atoms with Gasteiger partial charge >= 0.3 is 12.1 Å². The van der Waals surface area contributed by atoms with Crippen molar-refractivity contribution >= 4 is 18.0 Å². The molecule has 25 heavy (non-hydrogen) atoms. The number of ether oxygens (including phenoxy) is 2. The Kier molecular flexibility index (Phi) is 6.13. The molecule has 0 saturated heterocycles. The maximum Gasteiger partial charge on any atom is 0.408 e. The monoisotopic (exact) mass is 348 g/mol. The number of aliphatic hydroxyl groups excluding tert-OH is 1. The largest absolute Gasteiger partial charge is 0.466 e. The van der Waals surface area contributed by atoms with Crippen molar-refractivity contribution in [3.05, 3.63) is 47.5 Å². The number of hydrogen-bond acceptors (Lipinski definition) is 6. The molecule has 3 atom stereocenters. The van der Waals surface area contributed by atoms with Crippen LogP contribution in [0.1, 0.15) is 12.5 Å². The average Bonchev–Trinajstić information content (AvgIpc) is 2.89. The molecule has 0 bridgehead atoms. The van der Waals surface area contributed by atoms with Crippen LogP contribution in [0.4, 0.5) is 4.79 Å². The lowest BCUT2D eigenvalue weighted by Crippen LogP contribution is -2.53. The van der Waals surface area contributed by atoms with Crippen LogP contribution < -0.4 is 10.6 Å². The van der Waals surface area contributed by atoms with Gasteiger partial charge in [-0.25, -0.2) is 9.59 Å². The minimum atomic E-state index is -1.30. The third kappa shape index (κ3) is 4.80. The van der Waals surface area contributed by atoms with Crippen LogP contribution in [-0.2, 0) is 25.7 Å². The van der Waals surface area contributed by atoms with Crippen molar-refractivity contribution in [2.24, 2.45) is 0 Å². The Morgan fingerprint density at radius 2 is 1.84 bits per heavy atom. The van der Waals surface area contributed by atoms with Crippen molar-refractivity contribution in [2.75, 3.05) is 7.11 Å². The summed E-state index contributed by atoms with van der Waals surface area (Å²) in [6, 6.07) is 7.40. The number of methoxy groups -OCH3 is 1. The highest BCUT2D eigenvalue weighted by Crippen LogP contribution is 2.22. The van der Waals surface area contributed by atoms with Crippen molar-refractivity contribution in [1.29, 1.82) is 0 Å². The molecule has 0 heterocycles. The first-order valence-electron chi connectivity index (χ1n) is 7.64. The van der Waals surface area contributed by atoms with E-state index in [0.717, 1.165) is 5.56 Å². The van der Waals surface area contributed by atoms with Gasteiger partial charge in [-0.1, -0.05) is 30.3 Å². The molecule has 0 radical (unpaired) electrons. The Balaban J connectivity index is 2.02. The number of carbonyl (C=O) groups excluding carboxylic acids is 3. The van der Waals surface area contributed by atoms with E-state index in [1.54, 1.807) is 0 Å². The summed E-state index contributed by atoms with van der Waals surface area (Å²) in [6.45, 7) is 1.34. The standard InChI is InChI=1S/C17H20N2O6/c1-10(20)18-14-13(8-12(15(14)21)16(22)24-2)19-17(23)25-9-11-6-4-3-5-7-11/h3-8,13-15,21H,9H2,1-2H3,(H,18,20)(H,19,23)/t13-,14+,15+/m0/s1. The van der Waals surface area contributed by atoms with Crippen LogP contribution in [0.5, 0.6) is 0 Å². The quantitative estimate of drug-likeness (QED) is 0.658. The molecule has 0 spiro atoms. The van der Waals surface area contributed by atoms with Crippen LogP contribution in [0.2, 0.25) is 0 Å². The van der Waals surface area contributed by atoms with E-state index in [0.29, 0.717) is 0 Å². The van der Waals surface area contributed by atoms with Crippen molar-refractivity contribution in [2.45, 2.75) is 31.7 Å². The van der Waals surface area contributed by atoms with Gasteiger partial charge in [-0.3, -0.25) is 4.79 Å². The molecule has 1 aromatic carbocycles. The van der Waals surface area contributed by atoms with Crippen molar-refractivity contribution in [3.63, 3.8) is 0 Å². The highest BCUT2D eigenvalue weighted by molar-refractivity contribution is 5.91. The number of nitrogens with one attached hydrogen (secondary N) is 2. The number of hydrogen-bond donors (Lipinski definition) is 3. The SMILES string of the molecule is COC(=O)C1=C[C@H](NC(=O)OCc2ccccc2)[C@@H](NC(C)=O)[C@@H]1O. The van der Waals surface area contributed by atoms with Gasteiger partial charge in [0.25, 0.3) is 0 Å². The zero-order valence-electron chi connectivity index (χ0n) is 13.9. The Morgan fingerprint density at radius 1 is 1.16 bits per heavy atom. The minimum Gasteiger partial charge on any atom is -0.466 e. The Morgan fingerprint density at radius 3 is 2.44 bits per heavy atom. The smallest absolute Gasteiger partial charge is 0.408 e. The summed E-state index contributed by atoms with van der Waals surface area (Å²) in [5.41, 5.74) is 0.780. The first-order chi connectivity index (χ1) is 11.9. The number of aliphatic hydroxyl groups is 1. The van der Waals surface area contributed by atoms with Gasteiger partial charge in [-0.15, -0.1) is 0 Å². The molecule has 0 unspecified atom stereocenters. The molecular weight excluding hydrogens is 328 g/mol. The van der Waals surface area contributed by atoms with E-state index < -0.39 is 36.2 Å². The zero-order valence-corrected chi connectivity index (χ0v) is 13.9. The lowest BCUT2D eigenvalue weighted by atomic mass is 10.1. The van der Waals surface area contributed by atoms with Gasteiger partial charge in [0.05, 0.1) is 24.8 Å². The predicted molar refractivity (Wildman–Crippen MR) is 87.3 cm³/mol. The maximum absolute atomic E-state index is 12.0. The van der Waals surface area contributed by atoms with E-state index in [2.05, 4.69) is 15.4 Å². The summed E-state index contributed by atoms with van der Waals surface area (Å²) in [4.78, 5) is 35.0. The molecule has 0 fully saturated rings. The second-order valence-electron chi connectivity index (χ2n) is 5.52. The van der Waals surface area contributed by atoms with Gasteiger partial charge in [-0.2, -0.15) is 0 Å². The van der Waals surface area contributed by atoms with Crippen LogP contribution in [0.25, 0.3) is 0 Å². The lowest BCUT2D eigenvalue weighted by molar-refractivity contribution is -0.137. The third-order valence-corrected chi connectivity index (χ3v) is 3.69. The fraction of sp³-hybridized carbons (Fsp3) is 0.353. The number of alkyl carbamates (subject to hydrolysis) is 1. The molecule has 1 aliphatic rings. The normalized spacial score (nSPS) is 21.9. The van der Waals surface area contributed by atoms with Gasteiger partial charge in [0.1, 0.15) is 12.7 Å². The number of benzene rings is 1. The van der Waals surface area contributed by atoms with Crippen LogP contribution >= 0.6 is 0 Å². The zero-order chi connectivity index (χ0) is 18.4. The van der Waals surface area contributed by atoms with Crippen LogP contribution in [0.3, 0.4) is 0 Å². The average molecular weight is 348 g/mol. The molecular formula is C17H20N2O6. The Hall–Kier alpha value is -2.87. The topological polar surface area (TPSA) is 114 Å². The van der Waals surface area contributed by atoms with Crippen molar-refractivity contribution < 1.29 is 29.0 Å². The van der Waals surface area contributed by atoms with Gasteiger partial charge < -0.3 is 25.2 Å². The van der Waals surface area contributed by atoms with E-state index >= 15 is 0 Å². The van der Waals surface area contributed by atoms with E-state index in [9.17, 15) is 19.5 Å². The summed E-state index contributed by atoms with van der Waals surface area (Å²) in [5, 5.41) is 15.2. The summed E-state index contributed by atoms with van der Waals surface area (Å²) in [7, 11) is 1.18. The molecule has 2 amide bonds. The third-order valence-electron chi connectivity index (χ3n) is 3.69. The molecule has 8 nitrogen and oxygen atoms in total. The second-order valence-corrected chi connectivity index (χ2v) is 5.52. The Labute approximate surface area is 144 Å². The van der Waals surface area contributed by atoms with Crippen LogP contribution in [0.15, 0.2) is 42.0 Å². The molecule has 0 aliphatic heterocycles. The predicted octanol–water partition coefficient (Wildman–Crippen LogP) is 0.260. The van der Waals surface area contributed by atoms with E-state index in [4.69, 9.17) is 4.74 Å². The molecule has 0 saturated carbocycles. The minimum absolute atomic E-state index is 0.0328. The fourth-order valence-electron chi connectivity index (χ4n) is 2.53. The second kappa shape index (κ2) is 8.29. The highest BCUT2D eigenvalue weighted by atomic mass is 16.5. The summed E-state index contributed by atoms with van der Waals surface area (Å²) >= 11 is 0. The molecule has 0 aromatic heterocycles. The van der Waals surface area contributed by atoms with Gasteiger partial charge in [-0.05, 0) is 11.6 Å². The van der Waals surface area contributed by atoms with Crippen molar-refractivity contribution in [1.82, 2.24) is 10.6 Å². The molecule has 8 heteroatoms. The van der Waals surface area contributed by atoms with Gasteiger partial charge in [0.2, 0.25) is 5.91 Å². The molecule has 1 aliphatic carbocycles. The van der Waals surface area contributed by atoms with Crippen LogP contribution in [-0.4, -0.2) is 48.4 Å². The first-order valence-corrected chi connectivity index (χ1v) is 7.64. The molecule has 2 rings (SSSR count). The first kappa shape index (κ1) is 18.5. The van der Waals surface area contributed by atoms with Gasteiger partial charge in [0.15, 0.2) is 0 Å².